The number of thioether (sulfide) groups is 1. The summed E-state index contributed by atoms with van der Waals surface area (Å²) in [6, 6.07) is 10.3. The zero-order chi connectivity index (χ0) is 23.4. The molecule has 1 fully saturated rings. The minimum Gasteiger partial charge on any atom is -0.502 e. The molecule has 1 aromatic carbocycles. The molecule has 0 radical (unpaired) electrons. The van der Waals surface area contributed by atoms with Crippen molar-refractivity contribution >= 4 is 17.9 Å². The molecular formula is C27H41NO3S. The smallest absolute Gasteiger partial charge is 0.411 e. The molecule has 1 aliphatic rings. The van der Waals surface area contributed by atoms with Gasteiger partial charge in [0, 0.05) is 12.2 Å². The number of carbonyl (C=O) groups excluding carboxylic acids is 1. The second-order valence-corrected chi connectivity index (χ2v) is 10.5. The summed E-state index contributed by atoms with van der Waals surface area (Å²) in [4.78, 5) is 14.9. The predicted octanol–water partition coefficient (Wildman–Crippen LogP) is 7.87. The van der Waals surface area contributed by atoms with Crippen LogP contribution in [0.15, 0.2) is 54.8 Å². The van der Waals surface area contributed by atoms with Crippen LogP contribution in [0.1, 0.15) is 83.1 Å². The first-order valence-electron chi connectivity index (χ1n) is 11.9. The number of unbranched alkanes of at least 4 members (excludes halogenated alkanes) is 6. The molecule has 1 aromatic rings. The molecule has 1 unspecified atom stereocenters. The molecule has 0 saturated carbocycles. The van der Waals surface area contributed by atoms with Gasteiger partial charge >= 0.3 is 6.09 Å². The number of hydrogen-bond donors (Lipinski definition) is 0. The predicted molar refractivity (Wildman–Crippen MR) is 136 cm³/mol. The van der Waals surface area contributed by atoms with Crippen molar-refractivity contribution in [3.8, 4) is 0 Å². The van der Waals surface area contributed by atoms with E-state index in [4.69, 9.17) is 9.47 Å². The molecule has 1 amide bonds. The van der Waals surface area contributed by atoms with Gasteiger partial charge in [-0.1, -0.05) is 74.7 Å². The first-order chi connectivity index (χ1) is 15.3. The standard InChI is InChI=1S/C27H41NO3S/c1-22(30-5)17-13-10-8-6-7-9-11-16-20-24-21-32-25(23-18-14-12-15-19-23)28(24)26(29)31-27(2,3)4/h12,14-16,18-20,24-25H,1,6-11,13,17,21H2,2-5H3/b20-16+/t24?,25-/m1/s1. The zero-order valence-electron chi connectivity index (χ0n) is 20.3. The highest BCUT2D eigenvalue weighted by molar-refractivity contribution is 7.99. The van der Waals surface area contributed by atoms with Crippen LogP contribution in [-0.4, -0.2) is 35.5 Å². The Morgan fingerprint density at radius 2 is 1.78 bits per heavy atom. The Kier molecular flexibility index (Phi) is 11.2. The number of benzene rings is 1. The normalized spacial score (nSPS) is 18.8. The highest BCUT2D eigenvalue weighted by Gasteiger charge is 2.39. The fourth-order valence-electron chi connectivity index (χ4n) is 3.74. The fraction of sp³-hybridized carbons (Fsp3) is 0.593. The van der Waals surface area contributed by atoms with Crippen LogP contribution in [0.2, 0.25) is 0 Å². The van der Waals surface area contributed by atoms with Gasteiger partial charge in [-0.25, -0.2) is 4.79 Å². The van der Waals surface area contributed by atoms with Gasteiger partial charge in [-0.15, -0.1) is 11.8 Å². The number of methoxy groups -OCH3 is 1. The Morgan fingerprint density at radius 3 is 2.44 bits per heavy atom. The van der Waals surface area contributed by atoms with Gasteiger partial charge in [-0.3, -0.25) is 4.90 Å². The summed E-state index contributed by atoms with van der Waals surface area (Å²) in [6.45, 7) is 9.63. The number of allylic oxidation sites excluding steroid dienone is 2. The number of rotatable bonds is 12. The van der Waals surface area contributed by atoms with Crippen LogP contribution >= 0.6 is 11.8 Å². The third-order valence-corrected chi connectivity index (χ3v) is 6.80. The third kappa shape index (κ3) is 9.32. The third-order valence-electron chi connectivity index (χ3n) is 5.45. The maximum Gasteiger partial charge on any atom is 0.411 e. The molecule has 4 nitrogen and oxygen atoms in total. The maximum atomic E-state index is 13.0. The molecule has 0 aliphatic carbocycles. The van der Waals surface area contributed by atoms with Crippen molar-refractivity contribution in [3.63, 3.8) is 0 Å². The summed E-state index contributed by atoms with van der Waals surface area (Å²) in [5.74, 6) is 1.78. The Morgan fingerprint density at radius 1 is 1.12 bits per heavy atom. The SMILES string of the molecule is C=C(CCCCCCCC/C=C/C1CS[C@H](c2ccccc2)N1C(=O)OC(C)(C)C)OC. The van der Waals surface area contributed by atoms with Crippen LogP contribution < -0.4 is 0 Å². The van der Waals surface area contributed by atoms with Crippen molar-refractivity contribution < 1.29 is 14.3 Å². The monoisotopic (exact) mass is 459 g/mol. The van der Waals surface area contributed by atoms with Gasteiger partial charge in [0.1, 0.15) is 11.0 Å². The number of amides is 1. The Hall–Kier alpha value is -1.88. The largest absolute Gasteiger partial charge is 0.502 e. The van der Waals surface area contributed by atoms with Gasteiger partial charge in [0.15, 0.2) is 0 Å². The summed E-state index contributed by atoms with van der Waals surface area (Å²) >= 11 is 1.81. The minimum atomic E-state index is -0.503. The Bertz CT molecular complexity index is 726. The molecule has 0 N–H and O–H groups in total. The second-order valence-electron chi connectivity index (χ2n) is 9.38. The van der Waals surface area contributed by atoms with Gasteiger partial charge in [0.25, 0.3) is 0 Å². The van der Waals surface area contributed by atoms with Gasteiger partial charge in [-0.2, -0.15) is 0 Å². The molecule has 0 bridgehead atoms. The number of carbonyl (C=O) groups is 1. The van der Waals surface area contributed by atoms with E-state index >= 15 is 0 Å². The molecular weight excluding hydrogens is 418 g/mol. The summed E-state index contributed by atoms with van der Waals surface area (Å²) < 4.78 is 10.8. The van der Waals surface area contributed by atoms with Crippen LogP contribution in [0.5, 0.6) is 0 Å². The van der Waals surface area contributed by atoms with E-state index in [1.165, 1.54) is 32.1 Å². The maximum absolute atomic E-state index is 13.0. The highest BCUT2D eigenvalue weighted by Crippen LogP contribution is 2.42. The lowest BCUT2D eigenvalue weighted by Crippen LogP contribution is -2.40. The summed E-state index contributed by atoms with van der Waals surface area (Å²) in [7, 11) is 1.69. The van der Waals surface area contributed by atoms with Gasteiger partial charge < -0.3 is 9.47 Å². The molecule has 0 spiro atoms. The van der Waals surface area contributed by atoms with E-state index < -0.39 is 5.60 Å². The van der Waals surface area contributed by atoms with Crippen LogP contribution in [-0.2, 0) is 9.47 Å². The molecule has 178 valence electrons. The van der Waals surface area contributed by atoms with E-state index in [2.05, 4.69) is 30.9 Å². The van der Waals surface area contributed by atoms with E-state index in [9.17, 15) is 4.79 Å². The summed E-state index contributed by atoms with van der Waals surface area (Å²) in [6.07, 6.45) is 13.6. The van der Waals surface area contributed by atoms with Crippen LogP contribution in [0.3, 0.4) is 0 Å². The van der Waals surface area contributed by atoms with Crippen LogP contribution in [0, 0.1) is 0 Å². The quantitative estimate of drug-likeness (QED) is 0.181. The number of ether oxygens (including phenoxy) is 2. The molecule has 0 aromatic heterocycles. The first-order valence-corrected chi connectivity index (χ1v) is 12.9. The molecule has 1 saturated heterocycles. The lowest BCUT2D eigenvalue weighted by Gasteiger charge is -2.31. The molecule has 1 heterocycles. The lowest BCUT2D eigenvalue weighted by molar-refractivity contribution is 0.0207. The average molecular weight is 460 g/mol. The van der Waals surface area contributed by atoms with Crippen molar-refractivity contribution in [1.82, 2.24) is 4.90 Å². The second kappa shape index (κ2) is 13.6. The van der Waals surface area contributed by atoms with Gasteiger partial charge in [-0.05, 0) is 45.6 Å². The lowest BCUT2D eigenvalue weighted by atomic mass is 10.1. The topological polar surface area (TPSA) is 38.8 Å². The summed E-state index contributed by atoms with van der Waals surface area (Å²) in [5, 5.41) is -0.00473. The van der Waals surface area contributed by atoms with Crippen molar-refractivity contribution in [2.24, 2.45) is 0 Å². The van der Waals surface area contributed by atoms with Gasteiger partial charge in [0.2, 0.25) is 0 Å². The Balaban J connectivity index is 1.80. The first kappa shape index (κ1) is 26.4. The molecule has 5 heteroatoms. The van der Waals surface area contributed by atoms with Crippen LogP contribution in [0.25, 0.3) is 0 Å². The van der Waals surface area contributed by atoms with E-state index in [1.807, 2.05) is 55.6 Å². The summed E-state index contributed by atoms with van der Waals surface area (Å²) in [5.41, 5.74) is 0.643. The van der Waals surface area contributed by atoms with E-state index in [-0.39, 0.29) is 17.5 Å². The minimum absolute atomic E-state index is 0.00473. The van der Waals surface area contributed by atoms with E-state index in [0.29, 0.717) is 0 Å². The van der Waals surface area contributed by atoms with Gasteiger partial charge in [0.05, 0.1) is 18.9 Å². The van der Waals surface area contributed by atoms with Crippen molar-refractivity contribution in [1.29, 1.82) is 0 Å². The fourth-order valence-corrected chi connectivity index (χ4v) is 5.14. The molecule has 1 aliphatic heterocycles. The van der Waals surface area contributed by atoms with Crippen LogP contribution in [0.4, 0.5) is 4.79 Å². The van der Waals surface area contributed by atoms with Crippen molar-refractivity contribution in [2.45, 2.75) is 89.2 Å². The van der Waals surface area contributed by atoms with Crippen molar-refractivity contribution in [3.05, 3.63) is 60.4 Å². The molecule has 2 rings (SSSR count). The average Bonchev–Trinajstić information content (AvgIpc) is 3.18. The van der Waals surface area contributed by atoms with E-state index in [1.54, 1.807) is 7.11 Å². The highest BCUT2D eigenvalue weighted by atomic mass is 32.2. The zero-order valence-corrected chi connectivity index (χ0v) is 21.2. The Labute approximate surface area is 199 Å². The molecule has 32 heavy (non-hydrogen) atoms. The van der Waals surface area contributed by atoms with E-state index in [0.717, 1.165) is 36.3 Å². The number of nitrogens with zero attached hydrogens (tertiary/aromatic N) is 1. The molecule has 2 atom stereocenters. The number of hydrogen-bond acceptors (Lipinski definition) is 4. The van der Waals surface area contributed by atoms with Crippen molar-refractivity contribution in [2.75, 3.05) is 12.9 Å².